The van der Waals surface area contributed by atoms with Crippen molar-refractivity contribution in [3.8, 4) is 0 Å². The Bertz CT molecular complexity index is 593. The van der Waals surface area contributed by atoms with Gasteiger partial charge in [-0.1, -0.05) is 6.07 Å². The van der Waals surface area contributed by atoms with Gasteiger partial charge in [-0.15, -0.1) is 0 Å². The van der Waals surface area contributed by atoms with Gasteiger partial charge in [0, 0.05) is 32.5 Å². The molecule has 6 nitrogen and oxygen atoms in total. The number of aryl methyl sites for hydroxylation is 2. The molecule has 0 saturated carbocycles. The molecule has 0 fully saturated rings. The van der Waals surface area contributed by atoms with Gasteiger partial charge in [-0.05, 0) is 37.6 Å². The van der Waals surface area contributed by atoms with Crippen molar-refractivity contribution in [2.45, 2.75) is 19.9 Å². The molecule has 112 valence electrons. The fraction of sp³-hybridized carbons (Fsp3) is 0.400. The van der Waals surface area contributed by atoms with Gasteiger partial charge in [0.1, 0.15) is 5.69 Å². The third-order valence-corrected chi connectivity index (χ3v) is 3.24. The Morgan fingerprint density at radius 1 is 1.48 bits per heavy atom. The Balaban J connectivity index is 2.19. The van der Waals surface area contributed by atoms with E-state index in [0.717, 1.165) is 17.7 Å². The molecule has 0 aliphatic carbocycles. The monoisotopic (exact) mass is 287 g/mol. The van der Waals surface area contributed by atoms with E-state index in [1.54, 1.807) is 35.1 Å². The van der Waals surface area contributed by atoms with Crippen LogP contribution in [-0.4, -0.2) is 38.7 Å². The summed E-state index contributed by atoms with van der Waals surface area (Å²) in [4.78, 5) is 18.6. The number of hydrogen-bond acceptors (Lipinski definition) is 4. The molecule has 2 heterocycles. The first-order valence-corrected chi connectivity index (χ1v) is 7.00. The van der Waals surface area contributed by atoms with Gasteiger partial charge in [0.15, 0.2) is 0 Å². The molecule has 0 spiro atoms. The molecule has 0 aliphatic heterocycles. The van der Waals surface area contributed by atoms with Crippen LogP contribution in [-0.2, 0) is 13.6 Å². The molecule has 2 N–H and O–H groups in total. The van der Waals surface area contributed by atoms with Gasteiger partial charge in [-0.25, -0.2) is 0 Å². The Hall–Kier alpha value is -2.21. The van der Waals surface area contributed by atoms with Crippen LogP contribution >= 0.6 is 0 Å². The number of hydrogen-bond donors (Lipinski definition) is 1. The maximum atomic E-state index is 12.7. The quantitative estimate of drug-likeness (QED) is 0.863. The number of pyridine rings is 1. The minimum Gasteiger partial charge on any atom is -0.333 e. The van der Waals surface area contributed by atoms with Crippen molar-refractivity contribution in [1.29, 1.82) is 0 Å². The second-order valence-electron chi connectivity index (χ2n) is 5.02. The maximum absolute atomic E-state index is 12.7. The fourth-order valence-corrected chi connectivity index (χ4v) is 2.22. The summed E-state index contributed by atoms with van der Waals surface area (Å²) < 4.78 is 1.62. The first kappa shape index (κ1) is 15.2. The summed E-state index contributed by atoms with van der Waals surface area (Å²) in [5.74, 6) is -0.0320. The summed E-state index contributed by atoms with van der Waals surface area (Å²) in [5.41, 5.74) is 8.00. The first-order chi connectivity index (χ1) is 10.1. The van der Waals surface area contributed by atoms with Crippen LogP contribution in [0.15, 0.2) is 30.6 Å². The molecule has 2 rings (SSSR count). The van der Waals surface area contributed by atoms with Crippen LogP contribution in [0.3, 0.4) is 0 Å². The SMILES string of the molecule is Cc1cc(C(=O)N(CCCN)Cc2cccnc2)n(C)n1. The summed E-state index contributed by atoms with van der Waals surface area (Å²) in [6.45, 7) is 3.58. The molecular weight excluding hydrogens is 266 g/mol. The van der Waals surface area contributed by atoms with Gasteiger partial charge >= 0.3 is 0 Å². The Morgan fingerprint density at radius 3 is 2.86 bits per heavy atom. The molecule has 2 aromatic rings. The lowest BCUT2D eigenvalue weighted by Gasteiger charge is -2.22. The van der Waals surface area contributed by atoms with Crippen molar-refractivity contribution in [3.05, 3.63) is 47.5 Å². The zero-order chi connectivity index (χ0) is 15.2. The lowest BCUT2D eigenvalue weighted by Crippen LogP contribution is -2.33. The van der Waals surface area contributed by atoms with E-state index in [0.29, 0.717) is 25.3 Å². The topological polar surface area (TPSA) is 77.0 Å². The number of carbonyl (C=O) groups excluding carboxylic acids is 1. The predicted molar refractivity (Wildman–Crippen MR) is 80.6 cm³/mol. The van der Waals surface area contributed by atoms with Gasteiger partial charge in [0.25, 0.3) is 5.91 Å². The van der Waals surface area contributed by atoms with E-state index in [1.165, 1.54) is 0 Å². The van der Waals surface area contributed by atoms with Crippen LogP contribution in [0, 0.1) is 6.92 Å². The summed E-state index contributed by atoms with van der Waals surface area (Å²) in [5, 5.41) is 4.23. The highest BCUT2D eigenvalue weighted by molar-refractivity contribution is 5.92. The number of carbonyl (C=O) groups is 1. The lowest BCUT2D eigenvalue weighted by atomic mass is 10.2. The van der Waals surface area contributed by atoms with Crippen molar-refractivity contribution >= 4 is 5.91 Å². The third kappa shape index (κ3) is 3.88. The van der Waals surface area contributed by atoms with Crippen molar-refractivity contribution < 1.29 is 4.79 Å². The molecule has 2 aromatic heterocycles. The first-order valence-electron chi connectivity index (χ1n) is 7.00. The van der Waals surface area contributed by atoms with Crippen LogP contribution in [0.4, 0.5) is 0 Å². The number of aromatic nitrogens is 3. The van der Waals surface area contributed by atoms with E-state index in [9.17, 15) is 4.79 Å². The summed E-state index contributed by atoms with van der Waals surface area (Å²) in [6, 6.07) is 5.64. The van der Waals surface area contributed by atoms with Crippen LogP contribution < -0.4 is 5.73 Å². The second kappa shape index (κ2) is 6.99. The average Bonchev–Trinajstić information content (AvgIpc) is 2.82. The molecule has 0 aromatic carbocycles. The van der Waals surface area contributed by atoms with Crippen LogP contribution in [0.1, 0.15) is 28.2 Å². The Labute approximate surface area is 124 Å². The number of nitrogens with two attached hydrogens (primary N) is 1. The minimum atomic E-state index is -0.0320. The van der Waals surface area contributed by atoms with Crippen molar-refractivity contribution in [2.24, 2.45) is 12.8 Å². The summed E-state index contributed by atoms with van der Waals surface area (Å²) in [7, 11) is 1.78. The number of nitrogens with zero attached hydrogens (tertiary/aromatic N) is 4. The zero-order valence-electron chi connectivity index (χ0n) is 12.5. The van der Waals surface area contributed by atoms with E-state index in [4.69, 9.17) is 5.73 Å². The number of rotatable bonds is 6. The lowest BCUT2D eigenvalue weighted by molar-refractivity contribution is 0.0731. The fourth-order valence-electron chi connectivity index (χ4n) is 2.22. The van der Waals surface area contributed by atoms with Gasteiger partial charge in [0.05, 0.1) is 5.69 Å². The molecule has 21 heavy (non-hydrogen) atoms. The maximum Gasteiger partial charge on any atom is 0.272 e. The van der Waals surface area contributed by atoms with E-state index in [1.807, 2.05) is 19.1 Å². The van der Waals surface area contributed by atoms with Gasteiger partial charge in [0.2, 0.25) is 0 Å². The zero-order valence-corrected chi connectivity index (χ0v) is 12.5. The van der Waals surface area contributed by atoms with Crippen molar-refractivity contribution in [2.75, 3.05) is 13.1 Å². The Kier molecular flexibility index (Phi) is 5.05. The average molecular weight is 287 g/mol. The van der Waals surface area contributed by atoms with E-state index in [-0.39, 0.29) is 5.91 Å². The molecule has 0 atom stereocenters. The Morgan fingerprint density at radius 2 is 2.29 bits per heavy atom. The number of amides is 1. The molecule has 0 bridgehead atoms. The third-order valence-electron chi connectivity index (χ3n) is 3.24. The van der Waals surface area contributed by atoms with E-state index < -0.39 is 0 Å². The van der Waals surface area contributed by atoms with Gasteiger partial charge in [-0.3, -0.25) is 14.5 Å². The standard InChI is InChI=1S/C15H21N5O/c1-12-9-14(19(2)18-12)15(21)20(8-4-6-16)11-13-5-3-7-17-10-13/h3,5,7,9-10H,4,6,8,11,16H2,1-2H3. The van der Waals surface area contributed by atoms with Crippen LogP contribution in [0.2, 0.25) is 0 Å². The van der Waals surface area contributed by atoms with Crippen molar-refractivity contribution in [3.63, 3.8) is 0 Å². The minimum absolute atomic E-state index is 0.0320. The molecule has 0 radical (unpaired) electrons. The highest BCUT2D eigenvalue weighted by atomic mass is 16.2. The van der Waals surface area contributed by atoms with Gasteiger partial charge in [-0.2, -0.15) is 5.10 Å². The normalized spacial score (nSPS) is 10.6. The van der Waals surface area contributed by atoms with Crippen LogP contribution in [0.25, 0.3) is 0 Å². The molecule has 1 amide bonds. The molecule has 0 unspecified atom stereocenters. The highest BCUT2D eigenvalue weighted by Crippen LogP contribution is 2.11. The highest BCUT2D eigenvalue weighted by Gasteiger charge is 2.19. The molecule has 0 saturated heterocycles. The largest absolute Gasteiger partial charge is 0.333 e. The smallest absolute Gasteiger partial charge is 0.272 e. The summed E-state index contributed by atoms with van der Waals surface area (Å²) >= 11 is 0. The molecular formula is C15H21N5O. The van der Waals surface area contributed by atoms with Gasteiger partial charge < -0.3 is 10.6 Å². The van der Waals surface area contributed by atoms with Crippen molar-refractivity contribution in [1.82, 2.24) is 19.7 Å². The molecule has 0 aliphatic rings. The van der Waals surface area contributed by atoms with E-state index in [2.05, 4.69) is 10.1 Å². The second-order valence-corrected chi connectivity index (χ2v) is 5.02. The summed E-state index contributed by atoms with van der Waals surface area (Å²) in [6.07, 6.45) is 4.26. The molecule has 6 heteroatoms. The van der Waals surface area contributed by atoms with Crippen LogP contribution in [0.5, 0.6) is 0 Å². The predicted octanol–water partition coefficient (Wildman–Crippen LogP) is 1.11. The van der Waals surface area contributed by atoms with E-state index >= 15 is 0 Å².